The summed E-state index contributed by atoms with van der Waals surface area (Å²) in [6.07, 6.45) is 4.29. The largest absolute Gasteiger partial charge is 0.335 e. The van der Waals surface area contributed by atoms with Crippen LogP contribution in [0.5, 0.6) is 0 Å². The van der Waals surface area contributed by atoms with Crippen LogP contribution in [0.2, 0.25) is 0 Å². The Morgan fingerprint density at radius 3 is 3.06 bits per heavy atom. The van der Waals surface area contributed by atoms with E-state index in [-0.39, 0.29) is 5.91 Å². The van der Waals surface area contributed by atoms with Crippen LogP contribution >= 0.6 is 38.9 Å². The van der Waals surface area contributed by atoms with Crippen LogP contribution in [0.15, 0.2) is 15.9 Å². The van der Waals surface area contributed by atoms with E-state index in [1.54, 1.807) is 0 Å². The summed E-state index contributed by atoms with van der Waals surface area (Å²) in [5, 5.41) is 1.94. The van der Waals surface area contributed by atoms with E-state index in [2.05, 4.69) is 15.9 Å². The van der Waals surface area contributed by atoms with Gasteiger partial charge in [0.1, 0.15) is 4.88 Å². The smallest absolute Gasteiger partial charge is 0.265 e. The first-order valence-electron chi connectivity index (χ1n) is 5.84. The zero-order chi connectivity index (χ0) is 12.3. The van der Waals surface area contributed by atoms with Crippen LogP contribution in [0, 0.1) is 0 Å². The van der Waals surface area contributed by atoms with Gasteiger partial charge in [-0.2, -0.15) is 0 Å². The maximum atomic E-state index is 12.4. The average molecular weight is 337 g/mol. The number of thiophene rings is 1. The molecule has 0 spiro atoms. The number of carbonyl (C=O) groups is 1. The summed E-state index contributed by atoms with van der Waals surface area (Å²) in [5.41, 5.74) is 0. The molecule has 0 aliphatic carbocycles. The lowest BCUT2D eigenvalue weighted by molar-refractivity contribution is 0.0613. The molecule has 2 heterocycles. The number of halogens is 2. The molecule has 2 nitrogen and oxygen atoms in total. The highest BCUT2D eigenvalue weighted by atomic mass is 79.9. The Bertz CT molecular complexity index is 394. The van der Waals surface area contributed by atoms with Crippen molar-refractivity contribution in [1.82, 2.24) is 4.90 Å². The minimum atomic E-state index is 0.154. The molecule has 1 aromatic rings. The van der Waals surface area contributed by atoms with E-state index in [0.29, 0.717) is 11.9 Å². The molecule has 1 unspecified atom stereocenters. The van der Waals surface area contributed by atoms with E-state index in [4.69, 9.17) is 11.6 Å². The number of nitrogens with zero attached hydrogens (tertiary/aromatic N) is 1. The SMILES string of the molecule is O=C(c1sccc1Br)N1CCCCC1CCCl. The van der Waals surface area contributed by atoms with E-state index in [0.717, 1.165) is 35.2 Å². The summed E-state index contributed by atoms with van der Waals surface area (Å²) >= 11 is 10.7. The van der Waals surface area contributed by atoms with Crippen molar-refractivity contribution in [2.24, 2.45) is 0 Å². The fourth-order valence-corrected chi connectivity index (χ4v) is 4.02. The Balaban J connectivity index is 2.14. The van der Waals surface area contributed by atoms with Crippen LogP contribution in [-0.2, 0) is 0 Å². The lowest BCUT2D eigenvalue weighted by atomic mass is 10.00. The highest BCUT2D eigenvalue weighted by molar-refractivity contribution is 9.10. The lowest BCUT2D eigenvalue weighted by Crippen LogP contribution is -2.43. The van der Waals surface area contributed by atoms with E-state index < -0.39 is 0 Å². The Labute approximate surface area is 119 Å². The molecule has 5 heteroatoms. The Morgan fingerprint density at radius 1 is 1.59 bits per heavy atom. The minimum Gasteiger partial charge on any atom is -0.335 e. The number of rotatable bonds is 3. The normalized spacial score (nSPS) is 20.6. The predicted molar refractivity (Wildman–Crippen MR) is 76.0 cm³/mol. The molecule has 0 N–H and O–H groups in total. The van der Waals surface area contributed by atoms with Crippen LogP contribution in [0.4, 0.5) is 0 Å². The van der Waals surface area contributed by atoms with Gasteiger partial charge in [-0.25, -0.2) is 0 Å². The van der Waals surface area contributed by atoms with Crippen molar-refractivity contribution in [2.45, 2.75) is 31.7 Å². The van der Waals surface area contributed by atoms with E-state index in [1.165, 1.54) is 17.8 Å². The van der Waals surface area contributed by atoms with Crippen LogP contribution in [0.3, 0.4) is 0 Å². The highest BCUT2D eigenvalue weighted by Crippen LogP contribution is 2.28. The van der Waals surface area contributed by atoms with Crippen molar-refractivity contribution in [1.29, 1.82) is 0 Å². The number of likely N-dealkylation sites (tertiary alicyclic amines) is 1. The van der Waals surface area contributed by atoms with Gasteiger partial charge >= 0.3 is 0 Å². The second kappa shape index (κ2) is 6.21. The monoisotopic (exact) mass is 335 g/mol. The summed E-state index contributed by atoms with van der Waals surface area (Å²) in [6, 6.07) is 2.25. The van der Waals surface area contributed by atoms with E-state index >= 15 is 0 Å². The summed E-state index contributed by atoms with van der Waals surface area (Å²) in [4.78, 5) is 15.2. The first-order chi connectivity index (χ1) is 8.24. The van der Waals surface area contributed by atoms with E-state index in [9.17, 15) is 4.79 Å². The molecule has 0 bridgehead atoms. The molecule has 1 saturated heterocycles. The summed E-state index contributed by atoms with van der Waals surface area (Å²) < 4.78 is 0.905. The second-order valence-corrected chi connectivity index (χ2v) is 6.37. The third-order valence-electron chi connectivity index (χ3n) is 3.14. The number of hydrogen-bond acceptors (Lipinski definition) is 2. The lowest BCUT2D eigenvalue weighted by Gasteiger charge is -2.35. The maximum absolute atomic E-state index is 12.4. The molecule has 0 radical (unpaired) electrons. The Kier molecular flexibility index (Phi) is 4.88. The fourth-order valence-electron chi connectivity index (χ4n) is 2.27. The van der Waals surface area contributed by atoms with Gasteiger partial charge in [-0.1, -0.05) is 0 Å². The topological polar surface area (TPSA) is 20.3 Å². The number of hydrogen-bond donors (Lipinski definition) is 0. The Hall–Kier alpha value is -0.0600. The number of amides is 1. The summed E-state index contributed by atoms with van der Waals surface area (Å²) in [7, 11) is 0. The van der Waals surface area contributed by atoms with Crippen molar-refractivity contribution in [3.05, 3.63) is 20.8 Å². The molecule has 1 fully saturated rings. The molecule has 2 rings (SSSR count). The molecule has 0 aromatic carbocycles. The zero-order valence-corrected chi connectivity index (χ0v) is 12.7. The molecule has 1 amide bonds. The highest BCUT2D eigenvalue weighted by Gasteiger charge is 2.28. The molecule has 1 atom stereocenters. The van der Waals surface area contributed by atoms with Gasteiger partial charge < -0.3 is 4.90 Å². The Morgan fingerprint density at radius 2 is 2.41 bits per heavy atom. The number of alkyl halides is 1. The van der Waals surface area contributed by atoms with Crippen molar-refractivity contribution in [3.63, 3.8) is 0 Å². The molecular formula is C12H15BrClNOS. The van der Waals surface area contributed by atoms with Gasteiger partial charge in [0.05, 0.1) is 0 Å². The van der Waals surface area contributed by atoms with Crippen molar-refractivity contribution in [3.8, 4) is 0 Å². The standard InChI is InChI=1S/C12H15BrClNOS/c13-10-5-8-17-11(10)12(16)15-7-2-1-3-9(15)4-6-14/h5,8-9H,1-4,6-7H2. The van der Waals surface area contributed by atoms with Crippen molar-refractivity contribution < 1.29 is 4.79 Å². The summed E-state index contributed by atoms with van der Waals surface area (Å²) in [5.74, 6) is 0.779. The number of carbonyl (C=O) groups excluding carboxylic acids is 1. The summed E-state index contributed by atoms with van der Waals surface area (Å²) in [6.45, 7) is 0.866. The average Bonchev–Trinajstić information content (AvgIpc) is 2.76. The van der Waals surface area contributed by atoms with Gasteiger partial charge in [0.2, 0.25) is 0 Å². The minimum absolute atomic E-state index is 0.154. The van der Waals surface area contributed by atoms with Gasteiger partial charge in [-0.3, -0.25) is 4.79 Å². The third kappa shape index (κ3) is 3.04. The van der Waals surface area contributed by atoms with Gasteiger partial charge in [0, 0.05) is 22.9 Å². The number of piperidine rings is 1. The quantitative estimate of drug-likeness (QED) is 0.760. The third-order valence-corrected chi connectivity index (χ3v) is 5.19. The molecule has 1 aliphatic rings. The van der Waals surface area contributed by atoms with Crippen molar-refractivity contribution in [2.75, 3.05) is 12.4 Å². The van der Waals surface area contributed by atoms with E-state index in [1.807, 2.05) is 16.3 Å². The molecule has 0 saturated carbocycles. The molecule has 1 aliphatic heterocycles. The molecule has 17 heavy (non-hydrogen) atoms. The van der Waals surface area contributed by atoms with Crippen LogP contribution < -0.4 is 0 Å². The van der Waals surface area contributed by atoms with Crippen LogP contribution in [0.1, 0.15) is 35.4 Å². The van der Waals surface area contributed by atoms with Gasteiger partial charge in [0.15, 0.2) is 0 Å². The first kappa shape index (κ1) is 13.4. The van der Waals surface area contributed by atoms with Gasteiger partial charge in [0.25, 0.3) is 5.91 Å². The fraction of sp³-hybridized carbons (Fsp3) is 0.583. The molecule has 1 aromatic heterocycles. The molecular weight excluding hydrogens is 322 g/mol. The van der Waals surface area contributed by atoms with Crippen molar-refractivity contribution >= 4 is 44.8 Å². The second-order valence-electron chi connectivity index (χ2n) is 4.22. The van der Waals surface area contributed by atoms with Crippen LogP contribution in [0.25, 0.3) is 0 Å². The van der Waals surface area contributed by atoms with Crippen LogP contribution in [-0.4, -0.2) is 29.3 Å². The maximum Gasteiger partial charge on any atom is 0.265 e. The van der Waals surface area contributed by atoms with Gasteiger partial charge in [-0.15, -0.1) is 22.9 Å². The predicted octanol–water partition coefficient (Wildman–Crippen LogP) is 4.13. The zero-order valence-electron chi connectivity index (χ0n) is 9.49. The van der Waals surface area contributed by atoms with Gasteiger partial charge in [-0.05, 0) is 53.1 Å². The molecule has 94 valence electrons. The first-order valence-corrected chi connectivity index (χ1v) is 8.04.